The molecule has 1 fully saturated rings. The standard InChI is InChI=1S/C29H36N6O2/c1-3-21-12-13-26-23(17-21)18-24(29(36)30-26)19-34(15-14-22-9-6-5-7-10-22)27(4-2)28-31-32-33-35(28)20-25-11-8-16-37-25/h5-7,9-10,12-13,17-18,25,27H,3-4,8,11,14-16,19-20H2,1-2H3,(H,30,36). The summed E-state index contributed by atoms with van der Waals surface area (Å²) in [5.41, 5.74) is 4.10. The Kier molecular flexibility index (Phi) is 8.06. The number of benzene rings is 2. The van der Waals surface area contributed by atoms with Crippen molar-refractivity contribution in [3.63, 3.8) is 0 Å². The molecule has 1 aliphatic heterocycles. The predicted molar refractivity (Wildman–Crippen MR) is 144 cm³/mol. The van der Waals surface area contributed by atoms with Crippen LogP contribution in [0, 0.1) is 0 Å². The fourth-order valence-corrected chi connectivity index (χ4v) is 5.29. The van der Waals surface area contributed by atoms with Crippen molar-refractivity contribution >= 4 is 10.9 Å². The molecule has 0 spiro atoms. The fraction of sp³-hybridized carbons (Fsp3) is 0.448. The largest absolute Gasteiger partial charge is 0.376 e. The van der Waals surface area contributed by atoms with E-state index in [9.17, 15) is 4.79 Å². The van der Waals surface area contributed by atoms with Crippen LogP contribution < -0.4 is 5.56 Å². The van der Waals surface area contributed by atoms with Crippen molar-refractivity contribution in [2.75, 3.05) is 13.2 Å². The number of hydrogen-bond acceptors (Lipinski definition) is 6. The van der Waals surface area contributed by atoms with Crippen molar-refractivity contribution in [2.45, 2.75) is 71.2 Å². The van der Waals surface area contributed by atoms with Crippen LogP contribution in [-0.4, -0.2) is 49.3 Å². The lowest BCUT2D eigenvalue weighted by molar-refractivity contribution is 0.0893. The lowest BCUT2D eigenvalue weighted by atomic mass is 10.1. The fourth-order valence-electron chi connectivity index (χ4n) is 5.29. The predicted octanol–water partition coefficient (Wildman–Crippen LogP) is 4.45. The Balaban J connectivity index is 1.46. The van der Waals surface area contributed by atoms with Gasteiger partial charge in [0, 0.05) is 30.8 Å². The highest BCUT2D eigenvalue weighted by atomic mass is 16.5. The van der Waals surface area contributed by atoms with Crippen LogP contribution in [-0.2, 0) is 30.7 Å². The second-order valence-corrected chi connectivity index (χ2v) is 9.88. The van der Waals surface area contributed by atoms with Gasteiger partial charge in [0.1, 0.15) is 0 Å². The normalized spacial score (nSPS) is 16.6. The second kappa shape index (κ2) is 11.8. The first kappa shape index (κ1) is 25.3. The number of aromatic amines is 1. The zero-order valence-corrected chi connectivity index (χ0v) is 21.8. The number of pyridine rings is 1. The highest BCUT2D eigenvalue weighted by Gasteiger charge is 2.27. The van der Waals surface area contributed by atoms with E-state index in [1.165, 1.54) is 11.1 Å². The van der Waals surface area contributed by atoms with Crippen LogP contribution in [0.25, 0.3) is 10.9 Å². The summed E-state index contributed by atoms with van der Waals surface area (Å²) in [7, 11) is 0. The second-order valence-electron chi connectivity index (χ2n) is 9.88. The molecule has 8 nitrogen and oxygen atoms in total. The van der Waals surface area contributed by atoms with Crippen molar-refractivity contribution in [3.8, 4) is 0 Å². The molecule has 8 heteroatoms. The molecular weight excluding hydrogens is 464 g/mol. The van der Waals surface area contributed by atoms with E-state index in [4.69, 9.17) is 4.74 Å². The highest BCUT2D eigenvalue weighted by molar-refractivity contribution is 5.79. The number of nitrogens with zero attached hydrogens (tertiary/aromatic N) is 5. The van der Waals surface area contributed by atoms with Crippen molar-refractivity contribution in [1.29, 1.82) is 0 Å². The van der Waals surface area contributed by atoms with Crippen molar-refractivity contribution in [2.24, 2.45) is 0 Å². The Bertz CT molecular complexity index is 1360. The van der Waals surface area contributed by atoms with Crippen molar-refractivity contribution in [1.82, 2.24) is 30.1 Å². The number of nitrogens with one attached hydrogen (secondary N) is 1. The third kappa shape index (κ3) is 5.97. The van der Waals surface area contributed by atoms with Gasteiger partial charge in [-0.05, 0) is 77.2 Å². The summed E-state index contributed by atoms with van der Waals surface area (Å²) in [5.74, 6) is 0.830. The maximum atomic E-state index is 13.1. The molecule has 4 aromatic rings. The van der Waals surface area contributed by atoms with Gasteiger partial charge in [-0.3, -0.25) is 9.69 Å². The van der Waals surface area contributed by atoms with Crippen LogP contribution in [0.4, 0.5) is 0 Å². The minimum atomic E-state index is -0.0461. The Morgan fingerprint density at radius 1 is 1.14 bits per heavy atom. The third-order valence-electron chi connectivity index (χ3n) is 7.38. The van der Waals surface area contributed by atoms with E-state index in [2.05, 4.69) is 75.7 Å². The maximum absolute atomic E-state index is 13.1. The van der Waals surface area contributed by atoms with E-state index >= 15 is 0 Å². The van der Waals surface area contributed by atoms with E-state index in [0.29, 0.717) is 13.1 Å². The van der Waals surface area contributed by atoms with Crippen LogP contribution in [0.15, 0.2) is 59.4 Å². The minimum Gasteiger partial charge on any atom is -0.376 e. The molecule has 0 amide bonds. The number of ether oxygens (including phenoxy) is 1. The van der Waals surface area contributed by atoms with Gasteiger partial charge in [0.05, 0.1) is 18.7 Å². The average Bonchev–Trinajstić information content (AvgIpc) is 3.61. The summed E-state index contributed by atoms with van der Waals surface area (Å²) in [6.07, 6.45) is 4.90. The molecule has 2 aromatic heterocycles. The first-order valence-electron chi connectivity index (χ1n) is 13.4. The molecule has 0 aliphatic carbocycles. The molecule has 0 saturated carbocycles. The summed E-state index contributed by atoms with van der Waals surface area (Å²) in [5, 5.41) is 13.9. The summed E-state index contributed by atoms with van der Waals surface area (Å²) in [4.78, 5) is 18.6. The maximum Gasteiger partial charge on any atom is 0.252 e. The van der Waals surface area contributed by atoms with E-state index in [-0.39, 0.29) is 17.7 Å². The Hall–Kier alpha value is -3.36. The summed E-state index contributed by atoms with van der Waals surface area (Å²) >= 11 is 0. The summed E-state index contributed by atoms with van der Waals surface area (Å²) < 4.78 is 7.76. The molecule has 1 N–H and O–H groups in total. The number of H-pyrrole nitrogens is 1. The number of tetrazole rings is 1. The highest BCUT2D eigenvalue weighted by Crippen LogP contribution is 2.26. The van der Waals surface area contributed by atoms with Gasteiger partial charge in [-0.25, -0.2) is 4.68 Å². The average molecular weight is 501 g/mol. The van der Waals surface area contributed by atoms with Crippen LogP contribution in [0.5, 0.6) is 0 Å². The number of aromatic nitrogens is 5. The van der Waals surface area contributed by atoms with Crippen LogP contribution >= 0.6 is 0 Å². The van der Waals surface area contributed by atoms with Crippen LogP contribution in [0.3, 0.4) is 0 Å². The molecule has 5 rings (SSSR count). The minimum absolute atomic E-state index is 0.0304. The lowest BCUT2D eigenvalue weighted by Crippen LogP contribution is -2.34. The van der Waals surface area contributed by atoms with Gasteiger partial charge >= 0.3 is 0 Å². The Labute approximate surface area is 217 Å². The monoisotopic (exact) mass is 500 g/mol. The van der Waals surface area contributed by atoms with Gasteiger partial charge in [0.15, 0.2) is 5.82 Å². The molecule has 2 aromatic carbocycles. The zero-order valence-electron chi connectivity index (χ0n) is 21.8. The van der Waals surface area contributed by atoms with Gasteiger partial charge in [0.2, 0.25) is 0 Å². The van der Waals surface area contributed by atoms with Gasteiger partial charge in [-0.15, -0.1) is 5.10 Å². The van der Waals surface area contributed by atoms with Crippen LogP contribution in [0.2, 0.25) is 0 Å². The molecule has 1 saturated heterocycles. The third-order valence-corrected chi connectivity index (χ3v) is 7.38. The number of hydrogen-bond donors (Lipinski definition) is 1. The van der Waals surface area contributed by atoms with E-state index in [1.54, 1.807) is 0 Å². The smallest absolute Gasteiger partial charge is 0.252 e. The molecule has 194 valence electrons. The zero-order chi connectivity index (χ0) is 25.6. The number of aryl methyl sites for hydroxylation is 1. The summed E-state index contributed by atoms with van der Waals surface area (Å²) in [6.45, 7) is 7.05. The lowest BCUT2D eigenvalue weighted by Gasteiger charge is -2.30. The molecule has 1 aliphatic rings. The van der Waals surface area contributed by atoms with Crippen molar-refractivity contribution in [3.05, 3.63) is 87.5 Å². The van der Waals surface area contributed by atoms with Gasteiger partial charge in [-0.2, -0.15) is 0 Å². The molecule has 3 heterocycles. The van der Waals surface area contributed by atoms with Crippen molar-refractivity contribution < 1.29 is 4.74 Å². The Morgan fingerprint density at radius 2 is 2.00 bits per heavy atom. The van der Waals surface area contributed by atoms with E-state index < -0.39 is 0 Å². The van der Waals surface area contributed by atoms with Gasteiger partial charge in [0.25, 0.3) is 5.56 Å². The van der Waals surface area contributed by atoms with Crippen LogP contribution in [0.1, 0.15) is 61.7 Å². The molecule has 0 bridgehead atoms. The SMILES string of the molecule is CCc1ccc2[nH]c(=O)c(CN(CCc3ccccc3)C(CC)c3nnnn3CC3CCCO3)cc2c1. The first-order valence-corrected chi connectivity index (χ1v) is 13.4. The van der Waals surface area contributed by atoms with E-state index in [1.807, 2.05) is 22.9 Å². The summed E-state index contributed by atoms with van der Waals surface area (Å²) in [6, 6.07) is 18.7. The van der Waals surface area contributed by atoms with Gasteiger partial charge in [-0.1, -0.05) is 50.2 Å². The molecule has 2 atom stereocenters. The molecular formula is C29H36N6O2. The van der Waals surface area contributed by atoms with Gasteiger partial charge < -0.3 is 9.72 Å². The topological polar surface area (TPSA) is 88.9 Å². The number of rotatable bonds is 11. The quantitative estimate of drug-likeness (QED) is 0.327. The van der Waals surface area contributed by atoms with E-state index in [0.717, 1.165) is 67.5 Å². The molecule has 37 heavy (non-hydrogen) atoms. The first-order chi connectivity index (χ1) is 18.1. The number of fused-ring (bicyclic) bond motifs is 1. The molecule has 2 unspecified atom stereocenters. The molecule has 0 radical (unpaired) electrons. The Morgan fingerprint density at radius 3 is 2.76 bits per heavy atom.